The zero-order chi connectivity index (χ0) is 12.2. The molecule has 0 radical (unpaired) electrons. The minimum absolute atomic E-state index is 0.925. The van der Waals surface area contributed by atoms with E-state index in [0.717, 1.165) is 6.54 Å². The van der Waals surface area contributed by atoms with Gasteiger partial charge in [-0.2, -0.15) is 4.57 Å². The molecule has 2 aromatic carbocycles. The number of nitrogens with zero attached hydrogens (tertiary/aromatic N) is 1. The summed E-state index contributed by atoms with van der Waals surface area (Å²) in [6.07, 6.45) is 2.15. The number of aromatic nitrogens is 1. The second kappa shape index (κ2) is 5.15. The summed E-state index contributed by atoms with van der Waals surface area (Å²) in [4.78, 5) is 0. The van der Waals surface area contributed by atoms with Crippen LogP contribution < -0.4 is 4.57 Å². The zero-order valence-corrected chi connectivity index (χ0v) is 10.8. The first-order valence-electron chi connectivity index (χ1n) is 6.00. The molecule has 18 heavy (non-hydrogen) atoms. The van der Waals surface area contributed by atoms with Crippen molar-refractivity contribution in [2.24, 2.45) is 0 Å². The van der Waals surface area contributed by atoms with Gasteiger partial charge in [0.1, 0.15) is 0 Å². The summed E-state index contributed by atoms with van der Waals surface area (Å²) in [6.45, 7) is 0.925. The van der Waals surface area contributed by atoms with Gasteiger partial charge in [-0.05, 0) is 12.1 Å². The molecular weight excluding hydrogens is 238 g/mol. The minimum atomic E-state index is 0.925. The van der Waals surface area contributed by atoms with Gasteiger partial charge in [-0.25, -0.2) is 0 Å². The molecule has 1 nitrogen and oxygen atoms in total. The fourth-order valence-electron chi connectivity index (χ4n) is 2.02. The van der Waals surface area contributed by atoms with Crippen LogP contribution in [-0.4, -0.2) is 0 Å². The van der Waals surface area contributed by atoms with E-state index < -0.39 is 0 Å². The average molecular weight is 252 g/mol. The molecule has 1 aromatic heterocycles. The summed E-state index contributed by atoms with van der Waals surface area (Å²) in [5.74, 6) is 0. The lowest BCUT2D eigenvalue weighted by Crippen LogP contribution is -2.33. The molecule has 0 aliphatic heterocycles. The van der Waals surface area contributed by atoms with Crippen molar-refractivity contribution >= 4 is 11.3 Å². The number of benzene rings is 2. The summed E-state index contributed by atoms with van der Waals surface area (Å²) < 4.78 is 2.30. The van der Waals surface area contributed by atoms with Crippen LogP contribution in [-0.2, 0) is 6.54 Å². The second-order valence-electron chi connectivity index (χ2n) is 4.19. The van der Waals surface area contributed by atoms with E-state index in [1.54, 1.807) is 11.3 Å². The molecule has 0 bridgehead atoms. The van der Waals surface area contributed by atoms with Crippen LogP contribution in [0, 0.1) is 0 Å². The predicted molar refractivity (Wildman–Crippen MR) is 75.5 cm³/mol. The Labute approximate surface area is 111 Å². The molecule has 0 aliphatic carbocycles. The zero-order valence-electron chi connectivity index (χ0n) is 9.99. The summed E-state index contributed by atoms with van der Waals surface area (Å²) in [6, 6.07) is 21.1. The van der Waals surface area contributed by atoms with Gasteiger partial charge in [-0.1, -0.05) is 59.9 Å². The van der Waals surface area contributed by atoms with Gasteiger partial charge in [0.05, 0.1) is 10.9 Å². The van der Waals surface area contributed by atoms with Crippen LogP contribution in [0.15, 0.2) is 72.2 Å². The number of rotatable bonds is 3. The van der Waals surface area contributed by atoms with Crippen LogP contribution in [0.2, 0.25) is 0 Å². The molecule has 0 atom stereocenters. The third kappa shape index (κ3) is 2.34. The molecule has 0 saturated heterocycles. The van der Waals surface area contributed by atoms with Gasteiger partial charge in [0.15, 0.2) is 12.7 Å². The minimum Gasteiger partial charge on any atom is -0.184 e. The summed E-state index contributed by atoms with van der Waals surface area (Å²) >= 11 is 1.78. The van der Waals surface area contributed by atoms with Gasteiger partial charge < -0.3 is 0 Å². The van der Waals surface area contributed by atoms with Crippen molar-refractivity contribution in [1.29, 1.82) is 0 Å². The number of hydrogen-bond donors (Lipinski definition) is 0. The van der Waals surface area contributed by atoms with E-state index in [9.17, 15) is 0 Å². The maximum absolute atomic E-state index is 2.30. The fraction of sp³-hybridized carbons (Fsp3) is 0.0625. The molecular formula is C16H14NS+. The van der Waals surface area contributed by atoms with Crippen molar-refractivity contribution in [1.82, 2.24) is 0 Å². The Bertz CT molecular complexity index is 614. The SMILES string of the molecule is c1ccc(C[n+]2ccsc2-c2ccccc2)cc1. The van der Waals surface area contributed by atoms with Crippen molar-refractivity contribution in [3.05, 3.63) is 77.8 Å². The molecule has 0 unspecified atom stereocenters. The third-order valence-corrected chi connectivity index (χ3v) is 3.85. The highest BCUT2D eigenvalue weighted by atomic mass is 32.1. The Morgan fingerprint density at radius 2 is 1.50 bits per heavy atom. The molecule has 0 spiro atoms. The Hall–Kier alpha value is -1.93. The molecule has 0 aliphatic rings. The number of thiazole rings is 1. The fourth-order valence-corrected chi connectivity index (χ4v) is 2.89. The van der Waals surface area contributed by atoms with Gasteiger partial charge in [0.2, 0.25) is 0 Å². The van der Waals surface area contributed by atoms with Crippen LogP contribution >= 0.6 is 11.3 Å². The standard InChI is InChI=1S/C16H14NS/c1-3-7-14(8-4-1)13-17-11-12-18-16(17)15-9-5-2-6-10-15/h1-12H,13H2/q+1. The van der Waals surface area contributed by atoms with Gasteiger partial charge in [0.25, 0.3) is 5.01 Å². The molecule has 0 amide bonds. The lowest BCUT2D eigenvalue weighted by molar-refractivity contribution is -0.673. The van der Waals surface area contributed by atoms with Crippen molar-refractivity contribution in [2.75, 3.05) is 0 Å². The monoisotopic (exact) mass is 252 g/mol. The molecule has 0 fully saturated rings. The maximum atomic E-state index is 2.30. The highest BCUT2D eigenvalue weighted by Gasteiger charge is 2.14. The van der Waals surface area contributed by atoms with Crippen LogP contribution in [0.1, 0.15) is 5.56 Å². The van der Waals surface area contributed by atoms with Gasteiger partial charge in [0, 0.05) is 5.56 Å². The third-order valence-electron chi connectivity index (χ3n) is 2.90. The van der Waals surface area contributed by atoms with E-state index in [-0.39, 0.29) is 0 Å². The van der Waals surface area contributed by atoms with Crippen LogP contribution in [0.4, 0.5) is 0 Å². The molecule has 0 N–H and O–H groups in total. The highest BCUT2D eigenvalue weighted by Crippen LogP contribution is 2.20. The lowest BCUT2D eigenvalue weighted by atomic mass is 10.2. The smallest absolute Gasteiger partial charge is 0.184 e. The maximum Gasteiger partial charge on any atom is 0.269 e. The molecule has 1 heterocycles. The first kappa shape index (κ1) is 11.2. The van der Waals surface area contributed by atoms with E-state index in [1.807, 2.05) is 0 Å². The quantitative estimate of drug-likeness (QED) is 0.625. The average Bonchev–Trinajstić information content (AvgIpc) is 2.89. The Morgan fingerprint density at radius 1 is 0.833 bits per heavy atom. The Kier molecular flexibility index (Phi) is 3.20. The second-order valence-corrected chi connectivity index (χ2v) is 5.08. The van der Waals surface area contributed by atoms with Crippen LogP contribution in [0.25, 0.3) is 10.6 Å². The molecule has 88 valence electrons. The largest absolute Gasteiger partial charge is 0.269 e. The number of hydrogen-bond acceptors (Lipinski definition) is 1. The van der Waals surface area contributed by atoms with Crippen molar-refractivity contribution in [3.8, 4) is 10.6 Å². The molecule has 0 saturated carbocycles. The lowest BCUT2D eigenvalue weighted by Gasteiger charge is -1.99. The summed E-state index contributed by atoms with van der Waals surface area (Å²) in [5.41, 5.74) is 2.61. The molecule has 3 aromatic rings. The normalized spacial score (nSPS) is 10.4. The van der Waals surface area contributed by atoms with Crippen molar-refractivity contribution < 1.29 is 4.57 Å². The first-order valence-corrected chi connectivity index (χ1v) is 6.88. The Morgan fingerprint density at radius 3 is 2.22 bits per heavy atom. The van der Waals surface area contributed by atoms with Crippen molar-refractivity contribution in [3.63, 3.8) is 0 Å². The van der Waals surface area contributed by atoms with Gasteiger partial charge >= 0.3 is 0 Å². The van der Waals surface area contributed by atoms with E-state index in [1.165, 1.54) is 16.1 Å². The highest BCUT2D eigenvalue weighted by molar-refractivity contribution is 7.12. The van der Waals surface area contributed by atoms with E-state index in [4.69, 9.17) is 0 Å². The van der Waals surface area contributed by atoms with Gasteiger partial charge in [-0.3, -0.25) is 0 Å². The topological polar surface area (TPSA) is 3.88 Å². The first-order chi connectivity index (χ1) is 8.93. The van der Waals surface area contributed by atoms with Crippen LogP contribution in [0.5, 0.6) is 0 Å². The van der Waals surface area contributed by atoms with Gasteiger partial charge in [-0.15, -0.1) is 0 Å². The Balaban J connectivity index is 1.93. The van der Waals surface area contributed by atoms with E-state index in [2.05, 4.69) is 76.8 Å². The van der Waals surface area contributed by atoms with E-state index >= 15 is 0 Å². The summed E-state index contributed by atoms with van der Waals surface area (Å²) in [7, 11) is 0. The van der Waals surface area contributed by atoms with Crippen molar-refractivity contribution in [2.45, 2.75) is 6.54 Å². The summed E-state index contributed by atoms with van der Waals surface area (Å²) in [5, 5.41) is 3.45. The van der Waals surface area contributed by atoms with Crippen LogP contribution in [0.3, 0.4) is 0 Å². The molecule has 3 rings (SSSR count). The predicted octanol–water partition coefficient (Wildman–Crippen LogP) is 3.75. The van der Waals surface area contributed by atoms with E-state index in [0.29, 0.717) is 0 Å². The molecule has 2 heteroatoms.